The SMILES string of the molecule is COc1ccc2c(CC(=O)NC(CO)C(=O)N3CCN(c4ccc(F)cc4)CC3)cc(=O)oc2c1. The average Bonchev–Trinajstić information content (AvgIpc) is 2.87. The Morgan fingerprint density at radius 1 is 1.11 bits per heavy atom. The summed E-state index contributed by atoms with van der Waals surface area (Å²) < 4.78 is 23.5. The Balaban J connectivity index is 1.38. The number of amides is 2. The topological polar surface area (TPSA) is 112 Å². The fraction of sp³-hybridized carbons (Fsp3) is 0.320. The van der Waals surface area contributed by atoms with Crippen LogP contribution < -0.4 is 20.6 Å². The predicted octanol–water partition coefficient (Wildman–Crippen LogP) is 1.31. The van der Waals surface area contributed by atoms with E-state index in [1.807, 2.05) is 4.90 Å². The summed E-state index contributed by atoms with van der Waals surface area (Å²) in [5.74, 6) is -0.701. The molecule has 1 aliphatic rings. The van der Waals surface area contributed by atoms with E-state index in [9.17, 15) is 23.9 Å². The van der Waals surface area contributed by atoms with Crippen LogP contribution >= 0.6 is 0 Å². The molecule has 9 nitrogen and oxygen atoms in total. The van der Waals surface area contributed by atoms with Crippen LogP contribution in [0.1, 0.15) is 5.56 Å². The number of fused-ring (bicyclic) bond motifs is 1. The molecule has 2 N–H and O–H groups in total. The number of rotatable bonds is 7. The van der Waals surface area contributed by atoms with Crippen LogP contribution in [0, 0.1) is 5.82 Å². The minimum absolute atomic E-state index is 0.170. The number of benzene rings is 2. The standard InChI is InChI=1S/C25H26FN3O6/c1-34-19-6-7-20-16(13-24(32)35-22(20)14-19)12-23(31)27-21(15-30)25(33)29-10-8-28(9-11-29)18-4-2-17(26)3-5-18/h2-7,13-14,21,30H,8-12,15H2,1H3,(H,27,31). The van der Waals surface area contributed by atoms with Gasteiger partial charge in [0.15, 0.2) is 0 Å². The van der Waals surface area contributed by atoms with Crippen molar-refractivity contribution in [3.05, 3.63) is 70.3 Å². The largest absolute Gasteiger partial charge is 0.497 e. The average molecular weight is 483 g/mol. The van der Waals surface area contributed by atoms with Crippen molar-refractivity contribution in [3.63, 3.8) is 0 Å². The van der Waals surface area contributed by atoms with Crippen LogP contribution in [0.25, 0.3) is 11.0 Å². The molecule has 1 atom stereocenters. The third-order valence-corrected chi connectivity index (χ3v) is 5.99. The lowest BCUT2D eigenvalue weighted by Crippen LogP contribution is -2.56. The molecule has 0 saturated carbocycles. The maximum atomic E-state index is 13.2. The van der Waals surface area contributed by atoms with Crippen molar-refractivity contribution in [2.24, 2.45) is 0 Å². The van der Waals surface area contributed by atoms with E-state index in [2.05, 4.69) is 5.32 Å². The predicted molar refractivity (Wildman–Crippen MR) is 127 cm³/mol. The zero-order chi connectivity index (χ0) is 24.9. The van der Waals surface area contributed by atoms with Gasteiger partial charge in [0.1, 0.15) is 23.2 Å². The van der Waals surface area contributed by atoms with E-state index in [1.165, 1.54) is 25.3 Å². The summed E-state index contributed by atoms with van der Waals surface area (Å²) in [7, 11) is 1.49. The van der Waals surface area contributed by atoms with Crippen molar-refractivity contribution in [1.82, 2.24) is 10.2 Å². The molecule has 1 unspecified atom stereocenters. The Labute approximate surface area is 200 Å². The summed E-state index contributed by atoms with van der Waals surface area (Å²) >= 11 is 0. The van der Waals surface area contributed by atoms with Gasteiger partial charge in [-0.15, -0.1) is 0 Å². The van der Waals surface area contributed by atoms with E-state index in [4.69, 9.17) is 9.15 Å². The van der Waals surface area contributed by atoms with Crippen molar-refractivity contribution < 1.29 is 28.2 Å². The molecule has 1 aliphatic heterocycles. The maximum Gasteiger partial charge on any atom is 0.336 e. The lowest BCUT2D eigenvalue weighted by atomic mass is 10.1. The molecule has 0 bridgehead atoms. The Hall–Kier alpha value is -3.92. The van der Waals surface area contributed by atoms with Gasteiger partial charge in [0, 0.05) is 49.4 Å². The highest BCUT2D eigenvalue weighted by molar-refractivity contribution is 5.91. The first-order valence-electron chi connectivity index (χ1n) is 11.2. The van der Waals surface area contributed by atoms with Gasteiger partial charge in [-0.2, -0.15) is 0 Å². The van der Waals surface area contributed by atoms with Gasteiger partial charge < -0.3 is 29.4 Å². The van der Waals surface area contributed by atoms with Crippen molar-refractivity contribution >= 4 is 28.5 Å². The third kappa shape index (κ3) is 5.60. The lowest BCUT2D eigenvalue weighted by molar-refractivity contribution is -0.137. The first-order chi connectivity index (χ1) is 16.9. The number of carbonyl (C=O) groups excluding carboxylic acids is 2. The molecule has 4 rings (SSSR count). The van der Waals surface area contributed by atoms with Gasteiger partial charge in [-0.25, -0.2) is 9.18 Å². The van der Waals surface area contributed by atoms with Gasteiger partial charge in [0.2, 0.25) is 11.8 Å². The van der Waals surface area contributed by atoms with E-state index in [0.717, 1.165) is 5.69 Å². The van der Waals surface area contributed by atoms with Gasteiger partial charge in [-0.3, -0.25) is 9.59 Å². The molecule has 10 heteroatoms. The highest BCUT2D eigenvalue weighted by Gasteiger charge is 2.28. The monoisotopic (exact) mass is 483 g/mol. The van der Waals surface area contributed by atoms with Crippen LogP contribution in [0.15, 0.2) is 57.7 Å². The summed E-state index contributed by atoms with van der Waals surface area (Å²) in [4.78, 5) is 41.3. The summed E-state index contributed by atoms with van der Waals surface area (Å²) in [6.07, 6.45) is -0.170. The molecule has 0 aliphatic carbocycles. The molecule has 35 heavy (non-hydrogen) atoms. The lowest BCUT2D eigenvalue weighted by Gasteiger charge is -2.37. The summed E-state index contributed by atoms with van der Waals surface area (Å²) in [6, 6.07) is 11.2. The van der Waals surface area contributed by atoms with Crippen LogP contribution in [0.5, 0.6) is 5.75 Å². The number of piperazine rings is 1. The van der Waals surface area contributed by atoms with E-state index in [1.54, 1.807) is 35.2 Å². The normalized spacial score (nSPS) is 14.6. The molecular formula is C25H26FN3O6. The molecule has 184 valence electrons. The number of carbonyl (C=O) groups is 2. The van der Waals surface area contributed by atoms with Gasteiger partial charge >= 0.3 is 5.63 Å². The number of anilines is 1. The molecule has 0 radical (unpaired) electrons. The summed E-state index contributed by atoms with van der Waals surface area (Å²) in [6.45, 7) is 1.32. The third-order valence-electron chi connectivity index (χ3n) is 5.99. The van der Waals surface area contributed by atoms with Crippen molar-refractivity contribution in [3.8, 4) is 5.75 Å². The fourth-order valence-corrected chi connectivity index (χ4v) is 4.14. The van der Waals surface area contributed by atoms with E-state index < -0.39 is 24.2 Å². The van der Waals surface area contributed by atoms with Gasteiger partial charge in [0.05, 0.1) is 20.1 Å². The van der Waals surface area contributed by atoms with Gasteiger partial charge in [0.25, 0.3) is 0 Å². The summed E-state index contributed by atoms with van der Waals surface area (Å²) in [5, 5.41) is 12.9. The van der Waals surface area contributed by atoms with Gasteiger partial charge in [-0.05, 0) is 42.0 Å². The minimum atomic E-state index is -1.11. The number of aliphatic hydroxyl groups excluding tert-OH is 1. The summed E-state index contributed by atoms with van der Waals surface area (Å²) in [5.41, 5.74) is 0.979. The zero-order valence-corrected chi connectivity index (χ0v) is 19.2. The molecule has 2 aromatic carbocycles. The first kappa shape index (κ1) is 24.2. The van der Waals surface area contributed by atoms with Crippen molar-refractivity contribution in [2.45, 2.75) is 12.5 Å². The highest BCUT2D eigenvalue weighted by atomic mass is 19.1. The maximum absolute atomic E-state index is 13.2. The Morgan fingerprint density at radius 3 is 2.49 bits per heavy atom. The van der Waals surface area contributed by atoms with E-state index >= 15 is 0 Å². The van der Waals surface area contributed by atoms with E-state index in [0.29, 0.717) is 42.9 Å². The number of hydrogen-bond acceptors (Lipinski definition) is 7. The Kier molecular flexibility index (Phi) is 7.31. The molecule has 1 aromatic heterocycles. The minimum Gasteiger partial charge on any atom is -0.497 e. The molecular weight excluding hydrogens is 457 g/mol. The fourth-order valence-electron chi connectivity index (χ4n) is 4.14. The number of ether oxygens (including phenoxy) is 1. The quantitative estimate of drug-likeness (QED) is 0.488. The van der Waals surface area contributed by atoms with Crippen LogP contribution in [0.3, 0.4) is 0 Å². The van der Waals surface area contributed by atoms with Crippen LogP contribution in [0.2, 0.25) is 0 Å². The van der Waals surface area contributed by atoms with E-state index in [-0.39, 0.29) is 23.7 Å². The number of nitrogens with zero attached hydrogens (tertiary/aromatic N) is 2. The molecule has 3 aromatic rings. The van der Waals surface area contributed by atoms with Crippen LogP contribution in [-0.2, 0) is 16.0 Å². The smallest absolute Gasteiger partial charge is 0.336 e. The number of methoxy groups -OCH3 is 1. The first-order valence-corrected chi connectivity index (χ1v) is 11.2. The van der Waals surface area contributed by atoms with Crippen LogP contribution in [0.4, 0.5) is 10.1 Å². The second-order valence-corrected chi connectivity index (χ2v) is 8.22. The van der Waals surface area contributed by atoms with Gasteiger partial charge in [-0.1, -0.05) is 0 Å². The molecule has 1 saturated heterocycles. The number of halogens is 1. The van der Waals surface area contributed by atoms with Crippen molar-refractivity contribution in [2.75, 3.05) is 44.8 Å². The number of nitrogens with one attached hydrogen (secondary N) is 1. The zero-order valence-electron chi connectivity index (χ0n) is 19.2. The second-order valence-electron chi connectivity index (χ2n) is 8.22. The second kappa shape index (κ2) is 10.6. The van der Waals surface area contributed by atoms with Crippen molar-refractivity contribution in [1.29, 1.82) is 0 Å². The van der Waals surface area contributed by atoms with Crippen LogP contribution in [-0.4, -0.2) is 67.8 Å². The Bertz CT molecular complexity index is 1270. The molecule has 2 heterocycles. The Morgan fingerprint density at radius 2 is 1.83 bits per heavy atom. The number of hydrogen-bond donors (Lipinski definition) is 2. The number of aliphatic hydroxyl groups is 1. The highest BCUT2D eigenvalue weighted by Crippen LogP contribution is 2.23. The molecule has 1 fully saturated rings. The molecule has 0 spiro atoms. The molecule has 2 amide bonds.